The molecule has 35 heavy (non-hydrogen) atoms. The number of carbonyl (C=O) groups is 1. The highest BCUT2D eigenvalue weighted by Crippen LogP contribution is 2.32. The highest BCUT2D eigenvalue weighted by atomic mass is 35.5. The minimum Gasteiger partial charge on any atom is -0.403 e. The Kier molecular flexibility index (Phi) is 7.34. The number of nitrogens with one attached hydrogen (secondary N) is 1. The summed E-state index contributed by atoms with van der Waals surface area (Å²) in [6.45, 7) is 3.37. The second-order valence-electron chi connectivity index (χ2n) is 8.21. The molecule has 1 aliphatic heterocycles. The van der Waals surface area contributed by atoms with Crippen molar-refractivity contribution < 1.29 is 26.0 Å². The first kappa shape index (κ1) is 25.8. The molecule has 3 aromatic rings. The zero-order valence-corrected chi connectivity index (χ0v) is 22.0. The number of rotatable bonds is 7. The lowest BCUT2D eigenvalue weighted by molar-refractivity contribution is -0.120. The van der Waals surface area contributed by atoms with E-state index in [0.29, 0.717) is 29.2 Å². The molecule has 0 radical (unpaired) electrons. The van der Waals surface area contributed by atoms with Crippen molar-refractivity contribution in [3.63, 3.8) is 0 Å². The summed E-state index contributed by atoms with van der Waals surface area (Å²) in [5.74, 6) is -0.579. The lowest BCUT2D eigenvalue weighted by Crippen LogP contribution is -2.49. The van der Waals surface area contributed by atoms with Crippen LogP contribution in [0, 0.1) is 0 Å². The van der Waals surface area contributed by atoms with E-state index in [2.05, 4.69) is 15.5 Å². The first-order valence-corrected chi connectivity index (χ1v) is 14.9. The average Bonchev–Trinajstić information content (AvgIpc) is 3.48. The third-order valence-electron chi connectivity index (χ3n) is 5.55. The Morgan fingerprint density at radius 3 is 2.63 bits per heavy atom. The number of sulfonamides is 1. The fourth-order valence-corrected chi connectivity index (χ4v) is 8.04. The Morgan fingerprint density at radius 2 is 1.94 bits per heavy atom. The van der Waals surface area contributed by atoms with Crippen molar-refractivity contribution in [2.45, 2.75) is 53.5 Å². The van der Waals surface area contributed by atoms with Gasteiger partial charge in [-0.15, -0.1) is 16.4 Å². The van der Waals surface area contributed by atoms with Gasteiger partial charge in [-0.3, -0.25) is 10.1 Å². The zero-order valence-electron chi connectivity index (χ0n) is 18.8. The highest BCUT2D eigenvalue weighted by Gasteiger charge is 2.39. The first-order chi connectivity index (χ1) is 16.5. The summed E-state index contributed by atoms with van der Waals surface area (Å²) in [5.41, 5.74) is 0.371. The number of aromatic nitrogens is 2. The topological polar surface area (TPSA) is 140 Å². The number of amides is 1. The maximum absolute atomic E-state index is 13.1. The van der Waals surface area contributed by atoms with Crippen LogP contribution in [-0.2, 0) is 24.7 Å². The molecule has 1 N–H and O–H groups in total. The number of anilines is 1. The summed E-state index contributed by atoms with van der Waals surface area (Å²) in [6, 6.07) is 7.83. The van der Waals surface area contributed by atoms with Crippen molar-refractivity contribution in [2.75, 3.05) is 11.9 Å². The zero-order chi connectivity index (χ0) is 25.4. The molecule has 0 saturated carbocycles. The van der Waals surface area contributed by atoms with Crippen LogP contribution in [0.4, 0.5) is 6.01 Å². The summed E-state index contributed by atoms with van der Waals surface area (Å²) in [7, 11) is -7.41. The molecule has 1 aromatic carbocycles. The third-order valence-corrected chi connectivity index (χ3v) is 11.3. The van der Waals surface area contributed by atoms with Gasteiger partial charge < -0.3 is 4.42 Å². The molecule has 0 aliphatic carbocycles. The van der Waals surface area contributed by atoms with Crippen molar-refractivity contribution in [3.05, 3.63) is 40.7 Å². The minimum atomic E-state index is -3.91. The van der Waals surface area contributed by atoms with Crippen LogP contribution in [0.2, 0.25) is 4.34 Å². The van der Waals surface area contributed by atoms with Crippen LogP contribution in [0.5, 0.6) is 0 Å². The van der Waals surface area contributed by atoms with Gasteiger partial charge in [-0.05, 0) is 57.0 Å². The van der Waals surface area contributed by atoms with Crippen molar-refractivity contribution in [2.24, 2.45) is 0 Å². The molecule has 14 heteroatoms. The van der Waals surface area contributed by atoms with Gasteiger partial charge in [-0.2, -0.15) is 4.31 Å². The molecule has 1 fully saturated rings. The van der Waals surface area contributed by atoms with E-state index in [1.54, 1.807) is 26.0 Å². The van der Waals surface area contributed by atoms with Gasteiger partial charge in [-0.1, -0.05) is 29.2 Å². The van der Waals surface area contributed by atoms with Crippen LogP contribution in [0.3, 0.4) is 0 Å². The molecule has 1 amide bonds. The van der Waals surface area contributed by atoms with Gasteiger partial charge >= 0.3 is 6.01 Å². The molecule has 0 bridgehead atoms. The number of halogens is 1. The number of nitrogens with zero attached hydrogens (tertiary/aromatic N) is 3. The van der Waals surface area contributed by atoms with E-state index in [-0.39, 0.29) is 27.6 Å². The molecule has 1 saturated heterocycles. The van der Waals surface area contributed by atoms with Crippen molar-refractivity contribution in [3.8, 4) is 11.5 Å². The molecule has 10 nitrogen and oxygen atoms in total. The molecular formula is C21H23ClN4O6S3. The standard InChI is InChI=1S/C21H23ClN4O6S3/c1-13(2)34(28,29)15-7-5-6-14(12-15)20-24-25-21(32-20)23-19(27)16-8-3-4-11-26(16)35(30,31)18-10-9-17(22)33-18/h5-7,9-10,12-13,16H,3-4,8,11H2,1-2H3,(H,23,25,27). The van der Waals surface area contributed by atoms with Crippen LogP contribution in [0.25, 0.3) is 11.5 Å². The monoisotopic (exact) mass is 558 g/mol. The Balaban J connectivity index is 1.54. The van der Waals surface area contributed by atoms with E-state index < -0.39 is 37.1 Å². The quantitative estimate of drug-likeness (QED) is 0.461. The smallest absolute Gasteiger partial charge is 0.322 e. The number of hydrogen-bond donors (Lipinski definition) is 1. The molecule has 188 valence electrons. The molecule has 0 spiro atoms. The van der Waals surface area contributed by atoms with E-state index in [4.69, 9.17) is 16.0 Å². The largest absolute Gasteiger partial charge is 0.403 e. The van der Waals surface area contributed by atoms with E-state index in [1.807, 2.05) is 0 Å². The molecule has 1 atom stereocenters. The van der Waals surface area contributed by atoms with Crippen molar-refractivity contribution in [1.82, 2.24) is 14.5 Å². The number of thiophene rings is 1. The number of piperidine rings is 1. The fourth-order valence-electron chi connectivity index (χ4n) is 3.66. The van der Waals surface area contributed by atoms with E-state index >= 15 is 0 Å². The Labute approximate surface area is 212 Å². The summed E-state index contributed by atoms with van der Waals surface area (Å²) < 4.78 is 58.3. The lowest BCUT2D eigenvalue weighted by atomic mass is 10.0. The van der Waals surface area contributed by atoms with Crippen LogP contribution >= 0.6 is 22.9 Å². The normalized spacial score (nSPS) is 17.5. The second kappa shape index (κ2) is 9.97. The first-order valence-electron chi connectivity index (χ1n) is 10.8. The van der Waals surface area contributed by atoms with Crippen LogP contribution in [-0.4, -0.2) is 55.1 Å². The predicted octanol–water partition coefficient (Wildman–Crippen LogP) is 3.82. The van der Waals surface area contributed by atoms with Crippen LogP contribution < -0.4 is 5.32 Å². The molecular weight excluding hydrogens is 536 g/mol. The summed E-state index contributed by atoms with van der Waals surface area (Å²) in [5, 5.41) is 9.62. The summed E-state index contributed by atoms with van der Waals surface area (Å²) >= 11 is 6.84. The number of carbonyl (C=O) groups excluding carboxylic acids is 1. The number of benzene rings is 1. The fraction of sp³-hybridized carbons (Fsp3) is 0.381. The SMILES string of the molecule is CC(C)S(=O)(=O)c1cccc(-c2nnc(NC(=O)C3CCCCN3S(=O)(=O)c3ccc(Cl)s3)o2)c1. The molecule has 2 aromatic heterocycles. The predicted molar refractivity (Wildman–Crippen MR) is 132 cm³/mol. The third kappa shape index (κ3) is 5.28. The van der Waals surface area contributed by atoms with Crippen molar-refractivity contribution in [1.29, 1.82) is 0 Å². The maximum Gasteiger partial charge on any atom is 0.322 e. The van der Waals surface area contributed by atoms with Gasteiger partial charge in [0.1, 0.15) is 10.3 Å². The summed E-state index contributed by atoms with van der Waals surface area (Å²) in [6.07, 6.45) is 1.64. The van der Waals surface area contributed by atoms with E-state index in [0.717, 1.165) is 11.3 Å². The van der Waals surface area contributed by atoms with Gasteiger partial charge in [0.15, 0.2) is 9.84 Å². The Morgan fingerprint density at radius 1 is 1.17 bits per heavy atom. The number of hydrogen-bond acceptors (Lipinski definition) is 9. The molecule has 3 heterocycles. The van der Waals surface area contributed by atoms with Gasteiger partial charge in [0, 0.05) is 12.1 Å². The van der Waals surface area contributed by atoms with Gasteiger partial charge in [0.05, 0.1) is 14.5 Å². The van der Waals surface area contributed by atoms with Gasteiger partial charge in [0.25, 0.3) is 10.0 Å². The van der Waals surface area contributed by atoms with Crippen LogP contribution in [0.15, 0.2) is 49.9 Å². The molecule has 4 rings (SSSR count). The van der Waals surface area contributed by atoms with E-state index in [1.165, 1.54) is 28.6 Å². The Bertz CT molecular complexity index is 1450. The van der Waals surface area contributed by atoms with Crippen LogP contribution in [0.1, 0.15) is 33.1 Å². The highest BCUT2D eigenvalue weighted by molar-refractivity contribution is 7.92. The minimum absolute atomic E-state index is 0.0162. The molecule has 1 unspecified atom stereocenters. The summed E-state index contributed by atoms with van der Waals surface area (Å²) in [4.78, 5) is 13.1. The average molecular weight is 559 g/mol. The number of sulfone groups is 1. The van der Waals surface area contributed by atoms with Gasteiger partial charge in [-0.25, -0.2) is 16.8 Å². The molecule has 1 aliphatic rings. The lowest BCUT2D eigenvalue weighted by Gasteiger charge is -2.32. The van der Waals surface area contributed by atoms with Crippen molar-refractivity contribution >= 4 is 54.7 Å². The second-order valence-corrected chi connectivity index (χ2v) is 14.5. The maximum atomic E-state index is 13.1. The van der Waals surface area contributed by atoms with E-state index in [9.17, 15) is 21.6 Å². The Hall–Kier alpha value is -2.32. The van der Waals surface area contributed by atoms with Gasteiger partial charge in [0.2, 0.25) is 11.8 Å².